The molecule has 0 N–H and O–H groups in total. The first-order valence-electron chi connectivity index (χ1n) is 10.4. The van der Waals surface area contributed by atoms with Crippen LogP contribution in [0.2, 0.25) is 0 Å². The summed E-state index contributed by atoms with van der Waals surface area (Å²) in [6, 6.07) is 3.87. The predicted octanol–water partition coefficient (Wildman–Crippen LogP) is 3.20. The second-order valence-corrected chi connectivity index (χ2v) is 9.28. The maximum absolute atomic E-state index is 4.66. The highest BCUT2D eigenvalue weighted by Gasteiger charge is 2.50. The molecule has 0 unspecified atom stereocenters. The molecule has 3 aromatic rings. The first kappa shape index (κ1) is 16.4. The third kappa shape index (κ3) is 2.75. The van der Waals surface area contributed by atoms with Crippen LogP contribution in [0, 0.1) is 23.2 Å². The van der Waals surface area contributed by atoms with Gasteiger partial charge in [0.15, 0.2) is 5.82 Å². The number of hydrogen-bond donors (Lipinski definition) is 0. The van der Waals surface area contributed by atoms with Crippen LogP contribution in [0.3, 0.4) is 0 Å². The standard InChI is InChI=1S/C21H25N7/c1-3-22-4-2-18(1)20-24-25-26-28(20)13-19-23-5-6-27(19)14-21-10-15-7-16(11-21)9-17(8-15)12-21/h1-6,15-17H,7-14H2. The Morgan fingerprint density at radius 3 is 2.39 bits per heavy atom. The Kier molecular flexibility index (Phi) is 3.64. The fourth-order valence-electron chi connectivity index (χ4n) is 6.63. The summed E-state index contributed by atoms with van der Waals surface area (Å²) in [5, 5.41) is 12.3. The van der Waals surface area contributed by atoms with E-state index >= 15 is 0 Å². The van der Waals surface area contributed by atoms with Crippen LogP contribution in [0.5, 0.6) is 0 Å². The van der Waals surface area contributed by atoms with Crippen molar-refractivity contribution in [2.45, 2.75) is 51.6 Å². The molecule has 4 aliphatic rings. The Morgan fingerprint density at radius 1 is 0.964 bits per heavy atom. The first-order chi connectivity index (χ1) is 13.8. The average Bonchev–Trinajstić information content (AvgIpc) is 3.31. The van der Waals surface area contributed by atoms with Crippen LogP contribution < -0.4 is 0 Å². The molecule has 0 aromatic carbocycles. The van der Waals surface area contributed by atoms with E-state index in [1.165, 1.54) is 38.5 Å². The topological polar surface area (TPSA) is 74.3 Å². The fraction of sp³-hybridized carbons (Fsp3) is 0.571. The summed E-state index contributed by atoms with van der Waals surface area (Å²) >= 11 is 0. The lowest BCUT2D eigenvalue weighted by Gasteiger charge is -2.57. The number of nitrogens with zero attached hydrogens (tertiary/aromatic N) is 7. The maximum atomic E-state index is 4.66. The van der Waals surface area contributed by atoms with Gasteiger partial charge in [-0.15, -0.1) is 5.10 Å². The van der Waals surface area contributed by atoms with Crippen LogP contribution in [0.4, 0.5) is 0 Å². The van der Waals surface area contributed by atoms with E-state index in [1.807, 2.05) is 23.0 Å². The average molecular weight is 375 g/mol. The SMILES string of the molecule is c1cc(-c2nnnn2Cc2nccn2CC23CC4CC(CC(C4)C2)C3)ccn1. The quantitative estimate of drug-likeness (QED) is 0.685. The van der Waals surface area contributed by atoms with Crippen molar-refractivity contribution in [2.75, 3.05) is 0 Å². The molecule has 3 aromatic heterocycles. The largest absolute Gasteiger partial charge is 0.333 e. The summed E-state index contributed by atoms with van der Waals surface area (Å²) in [5.74, 6) is 4.70. The highest BCUT2D eigenvalue weighted by atomic mass is 15.5. The van der Waals surface area contributed by atoms with E-state index in [0.717, 1.165) is 41.5 Å². The number of pyridine rings is 1. The minimum Gasteiger partial charge on any atom is -0.333 e. The molecule has 0 spiro atoms. The second kappa shape index (κ2) is 6.22. The Balaban J connectivity index is 1.26. The molecule has 0 aliphatic heterocycles. The van der Waals surface area contributed by atoms with E-state index in [0.29, 0.717) is 12.0 Å². The van der Waals surface area contributed by atoms with E-state index in [1.54, 1.807) is 12.4 Å². The zero-order chi connectivity index (χ0) is 18.6. The van der Waals surface area contributed by atoms with Crippen LogP contribution in [0.1, 0.15) is 44.3 Å². The van der Waals surface area contributed by atoms with E-state index in [9.17, 15) is 0 Å². The van der Waals surface area contributed by atoms with Crippen molar-refractivity contribution < 1.29 is 0 Å². The van der Waals surface area contributed by atoms with Crippen LogP contribution in [0.25, 0.3) is 11.4 Å². The summed E-state index contributed by atoms with van der Waals surface area (Å²) in [7, 11) is 0. The van der Waals surface area contributed by atoms with E-state index in [2.05, 4.69) is 36.3 Å². The number of aromatic nitrogens is 7. The zero-order valence-corrected chi connectivity index (χ0v) is 16.0. The summed E-state index contributed by atoms with van der Waals surface area (Å²) < 4.78 is 4.21. The molecule has 4 bridgehead atoms. The normalized spacial score (nSPS) is 30.8. The monoisotopic (exact) mass is 375 g/mol. The number of imidazole rings is 1. The van der Waals surface area contributed by atoms with Crippen molar-refractivity contribution in [3.8, 4) is 11.4 Å². The smallest absolute Gasteiger partial charge is 0.182 e. The Hall–Kier alpha value is -2.57. The number of hydrogen-bond acceptors (Lipinski definition) is 5. The Morgan fingerprint density at radius 2 is 1.68 bits per heavy atom. The Bertz CT molecular complexity index is 938. The van der Waals surface area contributed by atoms with E-state index in [4.69, 9.17) is 0 Å². The van der Waals surface area contributed by atoms with Crippen molar-refractivity contribution in [3.63, 3.8) is 0 Å². The van der Waals surface area contributed by atoms with Crippen LogP contribution in [0.15, 0.2) is 36.9 Å². The van der Waals surface area contributed by atoms with Crippen LogP contribution in [-0.4, -0.2) is 34.7 Å². The van der Waals surface area contributed by atoms with Gasteiger partial charge in [-0.2, -0.15) is 0 Å². The van der Waals surface area contributed by atoms with Crippen molar-refractivity contribution in [3.05, 3.63) is 42.7 Å². The molecule has 4 aliphatic carbocycles. The molecule has 28 heavy (non-hydrogen) atoms. The van der Waals surface area contributed by atoms with Crippen LogP contribution >= 0.6 is 0 Å². The number of rotatable bonds is 5. The first-order valence-corrected chi connectivity index (χ1v) is 10.4. The molecule has 7 rings (SSSR count). The molecular weight excluding hydrogens is 350 g/mol. The second-order valence-electron chi connectivity index (χ2n) is 9.28. The molecule has 4 fully saturated rings. The van der Waals surface area contributed by atoms with Crippen molar-refractivity contribution in [1.29, 1.82) is 0 Å². The molecular formula is C21H25N7. The summed E-state index contributed by atoms with van der Waals surface area (Å²) in [4.78, 5) is 8.74. The van der Waals surface area contributed by atoms with Gasteiger partial charge >= 0.3 is 0 Å². The molecule has 4 saturated carbocycles. The lowest BCUT2D eigenvalue weighted by molar-refractivity contribution is -0.0622. The lowest BCUT2D eigenvalue weighted by Crippen LogP contribution is -2.48. The molecule has 0 radical (unpaired) electrons. The maximum Gasteiger partial charge on any atom is 0.182 e. The zero-order valence-electron chi connectivity index (χ0n) is 16.0. The summed E-state index contributed by atoms with van der Waals surface area (Å²) in [5.41, 5.74) is 1.46. The fourth-order valence-corrected chi connectivity index (χ4v) is 6.63. The van der Waals surface area contributed by atoms with Gasteiger partial charge in [0.25, 0.3) is 0 Å². The molecule has 0 atom stereocenters. The van der Waals surface area contributed by atoms with Gasteiger partial charge < -0.3 is 4.57 Å². The molecule has 0 saturated heterocycles. The van der Waals surface area contributed by atoms with Gasteiger partial charge in [-0.25, -0.2) is 9.67 Å². The molecule has 7 nitrogen and oxygen atoms in total. The minimum atomic E-state index is 0.485. The molecule has 3 heterocycles. The predicted molar refractivity (Wildman–Crippen MR) is 103 cm³/mol. The van der Waals surface area contributed by atoms with Gasteiger partial charge in [-0.05, 0) is 84.3 Å². The van der Waals surface area contributed by atoms with Gasteiger partial charge in [-0.3, -0.25) is 4.98 Å². The summed E-state index contributed by atoms with van der Waals surface area (Å²) in [6.45, 7) is 1.68. The van der Waals surface area contributed by atoms with Gasteiger partial charge in [0.2, 0.25) is 0 Å². The third-order valence-electron chi connectivity index (χ3n) is 7.23. The lowest BCUT2D eigenvalue weighted by atomic mass is 9.49. The minimum absolute atomic E-state index is 0.485. The van der Waals surface area contributed by atoms with Gasteiger partial charge in [0, 0.05) is 36.9 Å². The van der Waals surface area contributed by atoms with Crippen molar-refractivity contribution in [1.82, 2.24) is 34.7 Å². The van der Waals surface area contributed by atoms with Gasteiger partial charge in [-0.1, -0.05) is 0 Å². The van der Waals surface area contributed by atoms with Gasteiger partial charge in [0.1, 0.15) is 12.4 Å². The number of tetrazole rings is 1. The summed E-state index contributed by atoms with van der Waals surface area (Å²) in [6.07, 6.45) is 16.3. The van der Waals surface area contributed by atoms with Gasteiger partial charge in [0.05, 0.1) is 0 Å². The third-order valence-corrected chi connectivity index (χ3v) is 7.23. The molecule has 0 amide bonds. The van der Waals surface area contributed by atoms with Crippen molar-refractivity contribution >= 4 is 0 Å². The van der Waals surface area contributed by atoms with Crippen LogP contribution in [-0.2, 0) is 13.1 Å². The molecule has 144 valence electrons. The Labute approximate surface area is 164 Å². The highest BCUT2D eigenvalue weighted by molar-refractivity contribution is 5.53. The van der Waals surface area contributed by atoms with E-state index in [-0.39, 0.29) is 0 Å². The molecule has 7 heteroatoms. The van der Waals surface area contributed by atoms with Crippen molar-refractivity contribution in [2.24, 2.45) is 23.2 Å². The van der Waals surface area contributed by atoms with E-state index < -0.39 is 0 Å². The highest BCUT2D eigenvalue weighted by Crippen LogP contribution is 2.60.